The number of benzene rings is 3. The van der Waals surface area contributed by atoms with Crippen LogP contribution in [0.15, 0.2) is 97.6 Å². The van der Waals surface area contributed by atoms with Gasteiger partial charge < -0.3 is 0 Å². The molecule has 0 N–H and O–H groups in total. The first-order valence-corrected chi connectivity index (χ1v) is 18.0. The van der Waals surface area contributed by atoms with Crippen molar-refractivity contribution in [2.24, 2.45) is 0 Å². The second kappa shape index (κ2) is 24.5. The van der Waals surface area contributed by atoms with Crippen LogP contribution in [0.1, 0.15) is 149 Å². The molecule has 0 saturated heterocycles. The second-order valence-corrected chi connectivity index (χ2v) is 14.0. The summed E-state index contributed by atoms with van der Waals surface area (Å²) in [5, 5.41) is 12.7. The molecule has 6 rings (SSSR count). The predicted molar refractivity (Wildman–Crippen MR) is 238 cm³/mol. The highest BCUT2D eigenvalue weighted by molar-refractivity contribution is 5.85. The Labute approximate surface area is 325 Å². The van der Waals surface area contributed by atoms with E-state index in [4.69, 9.17) is 5.26 Å². The van der Waals surface area contributed by atoms with Gasteiger partial charge in [-0.05, 0) is 46.2 Å². The Hall–Kier alpha value is -4.69. The van der Waals surface area contributed by atoms with Crippen LogP contribution in [0.25, 0.3) is 32.7 Å². The Morgan fingerprint density at radius 3 is 1.36 bits per heavy atom. The molecular formula is C48H73N5. The minimum absolute atomic E-state index is 0. The predicted octanol–water partition coefficient (Wildman–Crippen LogP) is 14.9. The molecule has 0 aliphatic heterocycles. The summed E-state index contributed by atoms with van der Waals surface area (Å²) in [5.74, 6) is 0. The van der Waals surface area contributed by atoms with Gasteiger partial charge in [0.1, 0.15) is 12.4 Å². The molecule has 0 saturated carbocycles. The van der Waals surface area contributed by atoms with Crippen LogP contribution in [-0.4, -0.2) is 19.9 Å². The molecule has 0 fully saturated rings. The SMILES string of the molecule is C.C.C.CC.CC.CC.CC(C)(C)c1c(C#N)cnc2ccccc12.CC(C)(C)c1ccnc2ccccc12.CC(C)(C)c1ncnc2ccccc12. The summed E-state index contributed by atoms with van der Waals surface area (Å²) in [7, 11) is 0. The summed E-state index contributed by atoms with van der Waals surface area (Å²) in [4.78, 5) is 17.3. The van der Waals surface area contributed by atoms with Gasteiger partial charge >= 0.3 is 0 Å². The van der Waals surface area contributed by atoms with E-state index in [0.717, 1.165) is 38.6 Å². The third-order valence-corrected chi connectivity index (χ3v) is 7.36. The minimum Gasteiger partial charge on any atom is -0.256 e. The number of nitrogens with zero attached hydrogens (tertiary/aromatic N) is 5. The quantitative estimate of drug-likeness (QED) is 0.156. The number of aromatic nitrogens is 4. The fraction of sp³-hybridized carbons (Fsp3) is 0.438. The van der Waals surface area contributed by atoms with Crippen LogP contribution >= 0.6 is 0 Å². The topological polar surface area (TPSA) is 75.3 Å². The number of para-hydroxylation sites is 3. The van der Waals surface area contributed by atoms with E-state index in [-0.39, 0.29) is 38.5 Å². The van der Waals surface area contributed by atoms with Crippen molar-refractivity contribution in [1.29, 1.82) is 5.26 Å². The van der Waals surface area contributed by atoms with Gasteiger partial charge in [-0.1, -0.05) is 181 Å². The van der Waals surface area contributed by atoms with Gasteiger partial charge in [0, 0.05) is 34.0 Å². The summed E-state index contributed by atoms with van der Waals surface area (Å²) >= 11 is 0. The summed E-state index contributed by atoms with van der Waals surface area (Å²) in [6, 6.07) is 28.7. The van der Waals surface area contributed by atoms with Gasteiger partial charge in [-0.15, -0.1) is 0 Å². The standard InChI is InChI=1S/C14H14N2.C13H15N.C12H14N2.3C2H6.3CH4/c1-14(2,3)13-10(8-15)9-16-12-7-5-4-6-11(12)13;1-13(2,3)11-8-9-14-12-7-5-4-6-10(11)12;1-12(2,3)11-9-6-4-5-7-10(9)13-8-14-11;3*1-2;;;/h4-7,9H,1-3H3;4-9H,1-3H3;4-8H,1-3H3;3*1-2H3;3*1H4. The number of hydrogen-bond acceptors (Lipinski definition) is 5. The van der Waals surface area contributed by atoms with E-state index in [1.54, 1.807) is 12.5 Å². The molecule has 3 heterocycles. The summed E-state index contributed by atoms with van der Waals surface area (Å²) in [5.41, 5.74) is 7.50. The van der Waals surface area contributed by atoms with E-state index in [0.29, 0.717) is 5.56 Å². The maximum absolute atomic E-state index is 9.15. The van der Waals surface area contributed by atoms with Crippen molar-refractivity contribution in [3.63, 3.8) is 0 Å². The molecule has 6 aromatic rings. The molecule has 5 nitrogen and oxygen atoms in total. The molecule has 53 heavy (non-hydrogen) atoms. The molecule has 5 heteroatoms. The lowest BCUT2D eigenvalue weighted by Crippen LogP contribution is -2.14. The zero-order valence-corrected chi connectivity index (χ0v) is 33.5. The van der Waals surface area contributed by atoms with Crippen LogP contribution in [0.3, 0.4) is 0 Å². The van der Waals surface area contributed by atoms with Gasteiger partial charge in [0.05, 0.1) is 27.8 Å². The van der Waals surface area contributed by atoms with E-state index in [1.165, 1.54) is 10.9 Å². The number of hydrogen-bond donors (Lipinski definition) is 0. The first-order chi connectivity index (χ1) is 23.7. The third kappa shape index (κ3) is 14.7. The van der Waals surface area contributed by atoms with E-state index in [2.05, 4.69) is 119 Å². The van der Waals surface area contributed by atoms with Crippen LogP contribution in [0.5, 0.6) is 0 Å². The van der Waals surface area contributed by atoms with Crippen LogP contribution in [0.4, 0.5) is 0 Å². The largest absolute Gasteiger partial charge is 0.256 e. The highest BCUT2D eigenvalue weighted by atomic mass is 14.8. The van der Waals surface area contributed by atoms with Gasteiger partial charge in [0.15, 0.2) is 0 Å². The number of fused-ring (bicyclic) bond motifs is 3. The monoisotopic (exact) mass is 720 g/mol. The van der Waals surface area contributed by atoms with Crippen molar-refractivity contribution in [3.8, 4) is 6.07 Å². The van der Waals surface area contributed by atoms with Crippen LogP contribution in [0.2, 0.25) is 0 Å². The van der Waals surface area contributed by atoms with Crippen molar-refractivity contribution in [3.05, 3.63) is 120 Å². The summed E-state index contributed by atoms with van der Waals surface area (Å²) < 4.78 is 0. The van der Waals surface area contributed by atoms with Gasteiger partial charge in [-0.25, -0.2) is 9.97 Å². The van der Waals surface area contributed by atoms with E-state index in [9.17, 15) is 0 Å². The molecule has 3 aromatic heterocycles. The Bertz CT molecular complexity index is 1830. The molecule has 0 spiro atoms. The average Bonchev–Trinajstić information content (AvgIpc) is 3.12. The summed E-state index contributed by atoms with van der Waals surface area (Å²) in [6.45, 7) is 31.6. The van der Waals surface area contributed by atoms with Gasteiger partial charge in [-0.2, -0.15) is 5.26 Å². The van der Waals surface area contributed by atoms with Gasteiger partial charge in [0.2, 0.25) is 0 Å². The smallest absolute Gasteiger partial charge is 0.116 e. The molecule has 290 valence electrons. The van der Waals surface area contributed by atoms with Crippen molar-refractivity contribution >= 4 is 32.7 Å². The van der Waals surface area contributed by atoms with E-state index in [1.807, 2.05) is 96.3 Å². The van der Waals surface area contributed by atoms with Gasteiger partial charge in [-0.3, -0.25) is 9.97 Å². The maximum atomic E-state index is 9.15. The first kappa shape index (κ1) is 52.7. The Morgan fingerprint density at radius 2 is 0.906 bits per heavy atom. The number of rotatable bonds is 0. The molecule has 0 aliphatic rings. The van der Waals surface area contributed by atoms with E-state index >= 15 is 0 Å². The van der Waals surface area contributed by atoms with Crippen LogP contribution in [0, 0.1) is 11.3 Å². The zero-order valence-electron chi connectivity index (χ0n) is 33.5. The van der Waals surface area contributed by atoms with Gasteiger partial charge in [0.25, 0.3) is 0 Å². The third-order valence-electron chi connectivity index (χ3n) is 7.36. The lowest BCUT2D eigenvalue weighted by Gasteiger charge is -2.22. The van der Waals surface area contributed by atoms with Crippen LogP contribution in [-0.2, 0) is 16.2 Å². The Kier molecular flexibility index (Phi) is 24.4. The first-order valence-electron chi connectivity index (χ1n) is 18.0. The lowest BCUT2D eigenvalue weighted by molar-refractivity contribution is 0.574. The van der Waals surface area contributed by atoms with Crippen LogP contribution < -0.4 is 0 Å². The Balaban J connectivity index is -0.000000644. The number of nitriles is 1. The highest BCUT2D eigenvalue weighted by Crippen LogP contribution is 2.32. The van der Waals surface area contributed by atoms with Crippen molar-refractivity contribution in [2.75, 3.05) is 0 Å². The highest BCUT2D eigenvalue weighted by Gasteiger charge is 2.21. The zero-order chi connectivity index (χ0) is 38.1. The number of pyridine rings is 2. The summed E-state index contributed by atoms with van der Waals surface area (Å²) in [6.07, 6.45) is 5.20. The van der Waals surface area contributed by atoms with Crippen molar-refractivity contribution in [2.45, 2.75) is 142 Å². The second-order valence-electron chi connectivity index (χ2n) is 14.0. The molecule has 0 aliphatic carbocycles. The molecular weight excluding hydrogens is 647 g/mol. The minimum atomic E-state index is -0.0480. The lowest BCUT2D eigenvalue weighted by atomic mass is 9.82. The Morgan fingerprint density at radius 1 is 0.472 bits per heavy atom. The van der Waals surface area contributed by atoms with Crippen molar-refractivity contribution in [1.82, 2.24) is 19.9 Å². The van der Waals surface area contributed by atoms with E-state index < -0.39 is 0 Å². The molecule has 0 atom stereocenters. The molecule has 0 bridgehead atoms. The van der Waals surface area contributed by atoms with Crippen molar-refractivity contribution < 1.29 is 0 Å². The molecule has 0 amide bonds. The molecule has 0 unspecified atom stereocenters. The molecule has 3 aromatic carbocycles. The average molecular weight is 720 g/mol. The maximum Gasteiger partial charge on any atom is 0.116 e. The molecule has 0 radical (unpaired) electrons. The fourth-order valence-corrected chi connectivity index (χ4v) is 5.39. The normalized spacial score (nSPS) is 10.1. The fourth-order valence-electron chi connectivity index (χ4n) is 5.39.